The lowest BCUT2D eigenvalue weighted by molar-refractivity contribution is 0.262. The maximum Gasteiger partial charge on any atom is 0.323 e. The molecule has 2 aromatic carbocycles. The van der Waals surface area contributed by atoms with E-state index in [1.165, 1.54) is 0 Å². The van der Waals surface area contributed by atoms with Crippen molar-refractivity contribution in [3.05, 3.63) is 53.6 Å². The van der Waals surface area contributed by atoms with Gasteiger partial charge in [0.15, 0.2) is 16.3 Å². The minimum absolute atomic E-state index is 0.284. The summed E-state index contributed by atoms with van der Waals surface area (Å²) in [5.74, 6) is 0. The average Bonchev–Trinajstić information content (AvgIpc) is 2.32. The van der Waals surface area contributed by atoms with Gasteiger partial charge in [0.2, 0.25) is 0 Å². The van der Waals surface area contributed by atoms with Crippen LogP contribution >= 0.6 is 11.6 Å². The van der Waals surface area contributed by atoms with E-state index in [1.54, 1.807) is 24.3 Å². The summed E-state index contributed by atoms with van der Waals surface area (Å²) in [6, 6.07) is 14.2. The first kappa shape index (κ1) is 13.0. The van der Waals surface area contributed by atoms with Gasteiger partial charge in [-0.3, -0.25) is 0 Å². The van der Waals surface area contributed by atoms with Crippen LogP contribution in [-0.4, -0.2) is 22.3 Å². The summed E-state index contributed by atoms with van der Waals surface area (Å²) < 4.78 is 1.01. The Kier molecular flexibility index (Phi) is 4.27. The van der Waals surface area contributed by atoms with Crippen molar-refractivity contribution in [1.29, 1.82) is 0 Å². The predicted octanol–water partition coefficient (Wildman–Crippen LogP) is 2.78. The Bertz CT molecular complexity index is 557. The van der Waals surface area contributed by atoms with Gasteiger partial charge < -0.3 is 10.6 Å². The van der Waals surface area contributed by atoms with E-state index in [4.69, 9.17) is 11.6 Å². The smallest absolute Gasteiger partial charge is 0.308 e. The van der Waals surface area contributed by atoms with Crippen LogP contribution in [0, 0.1) is 0 Å². The van der Waals surface area contributed by atoms with Crippen molar-refractivity contribution < 1.29 is 4.79 Å². The predicted molar refractivity (Wildman–Crippen MR) is 75.9 cm³/mol. The molecule has 0 bridgehead atoms. The average molecular weight is 273 g/mol. The normalized spacial score (nSPS) is 9.83. The molecule has 0 aromatic heterocycles. The van der Waals surface area contributed by atoms with Gasteiger partial charge in [0.1, 0.15) is 0 Å². The van der Waals surface area contributed by atoms with Crippen molar-refractivity contribution in [2.24, 2.45) is 0 Å². The Hall–Kier alpha value is -1.47. The molecule has 0 aliphatic rings. The summed E-state index contributed by atoms with van der Waals surface area (Å²) >= 11 is 8.35. The van der Waals surface area contributed by atoms with E-state index in [9.17, 15) is 4.79 Å². The number of anilines is 2. The van der Waals surface area contributed by atoms with Gasteiger partial charge in [0, 0.05) is 16.4 Å². The number of amides is 2. The van der Waals surface area contributed by atoms with Crippen molar-refractivity contribution in [1.82, 2.24) is 0 Å². The summed E-state index contributed by atoms with van der Waals surface area (Å²) in [5.41, 5.74) is 1.44. The number of carbonyl (C=O) groups is 1. The highest BCUT2D eigenvalue weighted by molar-refractivity contribution is 6.32. The molecule has 2 aromatic rings. The quantitative estimate of drug-likeness (QED) is 0.811. The Labute approximate surface area is 119 Å². The molecule has 2 radical (unpaired) electrons. The van der Waals surface area contributed by atoms with Crippen molar-refractivity contribution >= 4 is 49.7 Å². The molecule has 5 heteroatoms. The molecule has 0 fully saturated rings. The van der Waals surface area contributed by atoms with E-state index in [1.807, 2.05) is 24.3 Å². The lowest BCUT2D eigenvalue weighted by Gasteiger charge is -2.08. The molecule has 0 saturated carbocycles. The summed E-state index contributed by atoms with van der Waals surface area (Å²) in [7, 11) is 0. The van der Waals surface area contributed by atoms with Gasteiger partial charge in [0.05, 0.1) is 0 Å². The monoisotopic (exact) mass is 272 g/mol. The van der Waals surface area contributed by atoms with Crippen molar-refractivity contribution in [2.75, 3.05) is 10.6 Å². The maximum absolute atomic E-state index is 11.7. The molecule has 3 nitrogen and oxygen atoms in total. The highest BCUT2D eigenvalue weighted by Gasteiger charge is 2.02. The van der Waals surface area contributed by atoms with E-state index in [-0.39, 0.29) is 6.03 Å². The van der Waals surface area contributed by atoms with Gasteiger partial charge in [-0.05, 0) is 30.3 Å². The lowest BCUT2D eigenvalue weighted by Crippen LogP contribution is -2.20. The van der Waals surface area contributed by atoms with Gasteiger partial charge in [-0.2, -0.15) is 0 Å². The van der Waals surface area contributed by atoms with Gasteiger partial charge in [-0.15, -0.1) is 4.43 Å². The Morgan fingerprint density at radius 1 is 1.00 bits per heavy atom. The number of urea groups is 1. The third kappa shape index (κ3) is 3.78. The zero-order valence-corrected chi connectivity index (χ0v) is 11.4. The Morgan fingerprint density at radius 3 is 2.33 bits per heavy atom. The molecule has 2 rings (SSSR count). The number of hydrogen-bond donors (Lipinski definition) is 2. The van der Waals surface area contributed by atoms with Crippen LogP contribution in [0.3, 0.4) is 0 Å². The first-order chi connectivity index (χ1) is 8.63. The molecule has 0 heterocycles. The Balaban J connectivity index is 1.98. The second-order valence-electron chi connectivity index (χ2n) is 3.71. The van der Waals surface area contributed by atoms with Gasteiger partial charge >= 0.3 is 6.03 Å². The van der Waals surface area contributed by atoms with Gasteiger partial charge in [-0.1, -0.05) is 29.8 Å². The topological polar surface area (TPSA) is 41.1 Å². The first-order valence-electron chi connectivity index (χ1n) is 5.32. The molecule has 0 unspecified atom stereocenters. The van der Waals surface area contributed by atoms with Crippen LogP contribution in [0.5, 0.6) is 0 Å². The van der Waals surface area contributed by atoms with Crippen LogP contribution in [0.15, 0.2) is 48.5 Å². The van der Waals surface area contributed by atoms with E-state index < -0.39 is 0 Å². The molecule has 0 aliphatic carbocycles. The maximum atomic E-state index is 11.7. The molecule has 18 heavy (non-hydrogen) atoms. The van der Waals surface area contributed by atoms with Crippen LogP contribution in [0.4, 0.5) is 16.2 Å². The number of halogens is 1. The second kappa shape index (κ2) is 5.92. The van der Waals surface area contributed by atoms with Crippen LogP contribution in [0.1, 0.15) is 0 Å². The standard InChI is InChI=1S/C13H10ClN2O.Al/c14-10-6-8-12(9-7-10)16-13(17)15-11-4-2-1-3-5-11;/h1-2,4-9H,(H2,15,16,17);. The number of hydrogen-bond acceptors (Lipinski definition) is 1. The molecule has 2 amide bonds. The van der Waals surface area contributed by atoms with Crippen molar-refractivity contribution in [3.63, 3.8) is 0 Å². The number of benzene rings is 2. The summed E-state index contributed by atoms with van der Waals surface area (Å²) in [6.45, 7) is 0. The summed E-state index contributed by atoms with van der Waals surface area (Å²) in [6.07, 6.45) is 0. The highest BCUT2D eigenvalue weighted by Crippen LogP contribution is 2.13. The fourth-order valence-corrected chi connectivity index (χ4v) is 1.86. The third-order valence-corrected chi connectivity index (χ3v) is 2.86. The first-order valence-corrected chi connectivity index (χ1v) is 6.28. The van der Waals surface area contributed by atoms with Gasteiger partial charge in [0.25, 0.3) is 0 Å². The number of rotatable bonds is 2. The van der Waals surface area contributed by atoms with Crippen LogP contribution in [-0.2, 0) is 0 Å². The largest absolute Gasteiger partial charge is 0.323 e. The van der Waals surface area contributed by atoms with Gasteiger partial charge in [-0.25, -0.2) is 4.79 Å². The third-order valence-electron chi connectivity index (χ3n) is 2.25. The molecule has 2 N–H and O–H groups in total. The molecule has 0 spiro atoms. The van der Waals surface area contributed by atoms with E-state index in [0.29, 0.717) is 10.7 Å². The van der Waals surface area contributed by atoms with E-state index in [0.717, 1.165) is 10.1 Å². The molecule has 0 aliphatic heterocycles. The molecular weight excluding hydrogens is 263 g/mol. The molecular formula is C13H10AlClN2O. The minimum Gasteiger partial charge on any atom is -0.308 e. The zero-order valence-electron chi connectivity index (χ0n) is 9.48. The van der Waals surface area contributed by atoms with Crippen LogP contribution in [0.25, 0.3) is 0 Å². The van der Waals surface area contributed by atoms with Crippen LogP contribution in [0.2, 0.25) is 5.02 Å². The van der Waals surface area contributed by atoms with Crippen molar-refractivity contribution in [2.45, 2.75) is 0 Å². The lowest BCUT2D eigenvalue weighted by atomic mass is 10.3. The van der Waals surface area contributed by atoms with Crippen molar-refractivity contribution in [3.8, 4) is 0 Å². The summed E-state index contributed by atoms with van der Waals surface area (Å²) in [5, 5.41) is 6.11. The minimum atomic E-state index is -0.284. The van der Waals surface area contributed by atoms with Crippen LogP contribution < -0.4 is 15.1 Å². The van der Waals surface area contributed by atoms with E-state index >= 15 is 0 Å². The Morgan fingerprint density at radius 2 is 1.67 bits per heavy atom. The fraction of sp³-hybridized carbons (Fsp3) is 0. The second-order valence-corrected chi connectivity index (χ2v) is 4.81. The number of nitrogens with one attached hydrogen (secondary N) is 2. The molecule has 0 saturated heterocycles. The SMILES string of the molecule is O=C(Nc1ccc(Cl)cc1)Nc1ccc[c]([Al])c1. The van der Waals surface area contributed by atoms with E-state index in [2.05, 4.69) is 26.9 Å². The molecule has 0 atom stereocenters. The molecule has 88 valence electrons. The number of carbonyl (C=O) groups excluding carboxylic acids is 1. The highest BCUT2D eigenvalue weighted by atomic mass is 35.5. The summed E-state index contributed by atoms with van der Waals surface area (Å²) in [4.78, 5) is 11.7. The zero-order chi connectivity index (χ0) is 13.0. The fourth-order valence-electron chi connectivity index (χ4n) is 1.44.